The summed E-state index contributed by atoms with van der Waals surface area (Å²) < 4.78 is 0. The predicted octanol–water partition coefficient (Wildman–Crippen LogP) is 1.72. The first kappa shape index (κ1) is 14.0. The van der Waals surface area contributed by atoms with Crippen LogP contribution < -0.4 is 5.73 Å². The zero-order valence-electron chi connectivity index (χ0n) is 10.6. The number of rotatable bonds is 4. The molecule has 1 saturated heterocycles. The number of ketones is 1. The summed E-state index contributed by atoms with van der Waals surface area (Å²) in [6, 6.07) is 6.92. The second-order valence-corrected chi connectivity index (χ2v) is 5.35. The maximum Gasteiger partial charge on any atom is 0.221 e. The largest absolute Gasteiger partial charge is 0.369 e. The summed E-state index contributed by atoms with van der Waals surface area (Å²) in [5.41, 5.74) is 5.93. The van der Waals surface area contributed by atoms with Crippen LogP contribution in [0.25, 0.3) is 0 Å². The molecule has 5 heteroatoms. The molecule has 1 aliphatic rings. The van der Waals surface area contributed by atoms with Crippen LogP contribution in [0.5, 0.6) is 0 Å². The fraction of sp³-hybridized carbons (Fsp3) is 0.429. The number of likely N-dealkylation sites (tertiary alicyclic amines) is 1. The maximum atomic E-state index is 12.1. The Bertz CT molecular complexity index is 490. The van der Waals surface area contributed by atoms with Crippen LogP contribution in [-0.4, -0.2) is 36.2 Å². The molecule has 19 heavy (non-hydrogen) atoms. The predicted molar refractivity (Wildman–Crippen MR) is 74.1 cm³/mol. The molecule has 1 heterocycles. The highest BCUT2D eigenvalue weighted by molar-refractivity contribution is 6.31. The third-order valence-corrected chi connectivity index (χ3v) is 3.66. The Morgan fingerprint density at radius 1 is 1.42 bits per heavy atom. The number of nitrogens with zero attached hydrogens (tertiary/aromatic N) is 1. The van der Waals surface area contributed by atoms with E-state index in [0.29, 0.717) is 23.7 Å². The topological polar surface area (TPSA) is 63.4 Å². The molecule has 1 amide bonds. The van der Waals surface area contributed by atoms with Crippen molar-refractivity contribution >= 4 is 23.3 Å². The van der Waals surface area contributed by atoms with E-state index in [4.69, 9.17) is 17.3 Å². The summed E-state index contributed by atoms with van der Waals surface area (Å²) in [7, 11) is 0. The lowest BCUT2D eigenvalue weighted by Crippen LogP contribution is -2.43. The second kappa shape index (κ2) is 6.17. The average molecular weight is 281 g/mol. The highest BCUT2D eigenvalue weighted by Crippen LogP contribution is 2.17. The summed E-state index contributed by atoms with van der Waals surface area (Å²) in [5, 5.41) is 0.555. The van der Waals surface area contributed by atoms with E-state index in [2.05, 4.69) is 0 Å². The number of halogens is 1. The van der Waals surface area contributed by atoms with Gasteiger partial charge in [0.15, 0.2) is 5.78 Å². The Morgan fingerprint density at radius 2 is 2.21 bits per heavy atom. The van der Waals surface area contributed by atoms with Crippen molar-refractivity contribution in [3.8, 4) is 0 Å². The number of amides is 1. The van der Waals surface area contributed by atoms with Crippen LogP contribution in [-0.2, 0) is 4.79 Å². The molecule has 2 N–H and O–H groups in total. The molecule has 102 valence electrons. The van der Waals surface area contributed by atoms with Gasteiger partial charge in [0, 0.05) is 17.1 Å². The molecule has 0 aliphatic carbocycles. The first-order valence-electron chi connectivity index (χ1n) is 6.36. The van der Waals surface area contributed by atoms with Gasteiger partial charge < -0.3 is 5.73 Å². The number of benzene rings is 1. The van der Waals surface area contributed by atoms with Crippen molar-refractivity contribution in [2.75, 3.05) is 19.6 Å². The van der Waals surface area contributed by atoms with Gasteiger partial charge in [0.05, 0.1) is 12.5 Å². The molecule has 0 spiro atoms. The van der Waals surface area contributed by atoms with Crippen LogP contribution >= 0.6 is 11.6 Å². The summed E-state index contributed by atoms with van der Waals surface area (Å²) in [6.45, 7) is 1.71. The highest BCUT2D eigenvalue weighted by atomic mass is 35.5. The fourth-order valence-electron chi connectivity index (χ4n) is 2.39. The molecule has 4 nitrogen and oxygen atoms in total. The van der Waals surface area contributed by atoms with Gasteiger partial charge in [-0.3, -0.25) is 14.5 Å². The van der Waals surface area contributed by atoms with E-state index < -0.39 is 0 Å². The molecule has 0 aromatic heterocycles. The lowest BCUT2D eigenvalue weighted by atomic mass is 9.97. The Morgan fingerprint density at radius 3 is 2.89 bits per heavy atom. The number of carbonyl (C=O) groups is 2. The standard InChI is InChI=1S/C14H17ClN2O2/c15-12-5-1-3-10(7-12)13(18)9-17-6-2-4-11(8-17)14(16)19/h1,3,5,7,11H,2,4,6,8-9H2,(H2,16,19). The van der Waals surface area contributed by atoms with Crippen molar-refractivity contribution in [1.29, 1.82) is 0 Å². The van der Waals surface area contributed by atoms with Crippen LogP contribution in [0.3, 0.4) is 0 Å². The Labute approximate surface area is 117 Å². The van der Waals surface area contributed by atoms with Gasteiger partial charge in [-0.25, -0.2) is 0 Å². The Balaban J connectivity index is 1.97. The zero-order chi connectivity index (χ0) is 13.8. The van der Waals surface area contributed by atoms with Gasteiger partial charge in [-0.15, -0.1) is 0 Å². The van der Waals surface area contributed by atoms with Crippen LogP contribution in [0.15, 0.2) is 24.3 Å². The molecular weight excluding hydrogens is 264 g/mol. The van der Waals surface area contributed by atoms with E-state index in [9.17, 15) is 9.59 Å². The van der Waals surface area contributed by atoms with E-state index in [1.54, 1.807) is 24.3 Å². The van der Waals surface area contributed by atoms with Crippen molar-refractivity contribution in [3.05, 3.63) is 34.9 Å². The molecule has 1 aliphatic heterocycles. The van der Waals surface area contributed by atoms with Gasteiger partial charge >= 0.3 is 0 Å². The minimum atomic E-state index is -0.278. The molecule has 1 unspecified atom stereocenters. The van der Waals surface area contributed by atoms with Crippen molar-refractivity contribution in [1.82, 2.24) is 4.90 Å². The van der Waals surface area contributed by atoms with E-state index in [-0.39, 0.29) is 17.6 Å². The molecular formula is C14H17ClN2O2. The first-order chi connectivity index (χ1) is 9.06. The van der Waals surface area contributed by atoms with E-state index >= 15 is 0 Å². The number of primary amides is 1. The normalized spacial score (nSPS) is 20.2. The first-order valence-corrected chi connectivity index (χ1v) is 6.74. The zero-order valence-corrected chi connectivity index (χ0v) is 11.4. The van der Waals surface area contributed by atoms with Gasteiger partial charge in [0.2, 0.25) is 5.91 Å². The minimum absolute atomic E-state index is 0.0209. The highest BCUT2D eigenvalue weighted by Gasteiger charge is 2.25. The molecule has 0 radical (unpaired) electrons. The van der Waals surface area contributed by atoms with E-state index in [0.717, 1.165) is 19.4 Å². The maximum absolute atomic E-state index is 12.1. The van der Waals surface area contributed by atoms with Gasteiger partial charge in [0.25, 0.3) is 0 Å². The number of hydrogen-bond donors (Lipinski definition) is 1. The Kier molecular flexibility index (Phi) is 4.56. The molecule has 1 aromatic rings. The van der Waals surface area contributed by atoms with Crippen LogP contribution in [0, 0.1) is 5.92 Å². The Hall–Kier alpha value is -1.39. The second-order valence-electron chi connectivity index (χ2n) is 4.91. The van der Waals surface area contributed by atoms with Gasteiger partial charge in [-0.05, 0) is 31.5 Å². The third-order valence-electron chi connectivity index (χ3n) is 3.42. The smallest absolute Gasteiger partial charge is 0.221 e. The SMILES string of the molecule is NC(=O)C1CCCN(CC(=O)c2cccc(Cl)c2)C1. The third kappa shape index (κ3) is 3.78. The van der Waals surface area contributed by atoms with Crippen LogP contribution in [0.4, 0.5) is 0 Å². The minimum Gasteiger partial charge on any atom is -0.369 e. The summed E-state index contributed by atoms with van der Waals surface area (Å²) in [5.74, 6) is -0.395. The van der Waals surface area contributed by atoms with Crippen LogP contribution in [0.1, 0.15) is 23.2 Å². The molecule has 0 bridgehead atoms. The van der Waals surface area contributed by atoms with Gasteiger partial charge in [0.1, 0.15) is 0 Å². The number of Topliss-reactive ketones (excluding diaryl/α,β-unsaturated/α-hetero) is 1. The molecule has 1 aromatic carbocycles. The van der Waals surface area contributed by atoms with E-state index in [1.165, 1.54) is 0 Å². The lowest BCUT2D eigenvalue weighted by molar-refractivity contribution is -0.123. The molecule has 1 fully saturated rings. The molecule has 1 atom stereocenters. The summed E-state index contributed by atoms with van der Waals surface area (Å²) in [6.07, 6.45) is 1.72. The van der Waals surface area contributed by atoms with Crippen LogP contribution in [0.2, 0.25) is 5.02 Å². The molecule has 2 rings (SSSR count). The monoisotopic (exact) mass is 280 g/mol. The van der Waals surface area contributed by atoms with Gasteiger partial charge in [-0.1, -0.05) is 23.7 Å². The summed E-state index contributed by atoms with van der Waals surface area (Å²) >= 11 is 5.87. The van der Waals surface area contributed by atoms with E-state index in [1.807, 2.05) is 4.90 Å². The number of nitrogens with two attached hydrogens (primary N) is 1. The quantitative estimate of drug-likeness (QED) is 0.854. The van der Waals surface area contributed by atoms with Crippen molar-refractivity contribution in [2.45, 2.75) is 12.8 Å². The number of piperidine rings is 1. The van der Waals surface area contributed by atoms with Crippen molar-refractivity contribution in [2.24, 2.45) is 11.7 Å². The number of carbonyl (C=O) groups excluding carboxylic acids is 2. The fourth-order valence-corrected chi connectivity index (χ4v) is 2.58. The molecule has 0 saturated carbocycles. The van der Waals surface area contributed by atoms with Gasteiger partial charge in [-0.2, -0.15) is 0 Å². The lowest BCUT2D eigenvalue weighted by Gasteiger charge is -2.30. The van der Waals surface area contributed by atoms with Crippen molar-refractivity contribution < 1.29 is 9.59 Å². The number of hydrogen-bond acceptors (Lipinski definition) is 3. The average Bonchev–Trinajstić information content (AvgIpc) is 2.39. The summed E-state index contributed by atoms with van der Waals surface area (Å²) in [4.78, 5) is 25.3. The van der Waals surface area contributed by atoms with Crippen molar-refractivity contribution in [3.63, 3.8) is 0 Å².